The number of benzene rings is 1. The molecule has 0 spiro atoms. The van der Waals surface area contributed by atoms with E-state index in [-0.39, 0.29) is 24.4 Å². The minimum absolute atomic E-state index is 0.122. The van der Waals surface area contributed by atoms with Crippen LogP contribution in [0.25, 0.3) is 27.8 Å². The Morgan fingerprint density at radius 1 is 1.09 bits per heavy atom. The van der Waals surface area contributed by atoms with Crippen molar-refractivity contribution in [1.29, 1.82) is 0 Å². The van der Waals surface area contributed by atoms with Crippen LogP contribution in [0.5, 0.6) is 5.75 Å². The highest BCUT2D eigenvalue weighted by molar-refractivity contribution is 7.28. The quantitative estimate of drug-likeness (QED) is 0.236. The van der Waals surface area contributed by atoms with E-state index in [0.717, 1.165) is 53.6 Å². The summed E-state index contributed by atoms with van der Waals surface area (Å²) in [5, 5.41) is 0.447. The average Bonchev–Trinajstić information content (AvgIpc) is 3.96. The molecule has 9 nitrogen and oxygen atoms in total. The number of fused-ring (bicyclic) bond motifs is 5. The van der Waals surface area contributed by atoms with Gasteiger partial charge in [-0.25, -0.2) is 14.2 Å². The number of pyridine rings is 2. The van der Waals surface area contributed by atoms with Crippen molar-refractivity contribution in [2.24, 2.45) is 0 Å². The van der Waals surface area contributed by atoms with Gasteiger partial charge in [0.1, 0.15) is 23.5 Å². The van der Waals surface area contributed by atoms with Crippen molar-refractivity contribution in [1.82, 2.24) is 24.4 Å². The molecule has 3 aromatic heterocycles. The molecule has 1 unspecified atom stereocenters. The monoisotopic (exact) mass is 624 g/mol. The summed E-state index contributed by atoms with van der Waals surface area (Å²) in [4.78, 5) is 45.3. The van der Waals surface area contributed by atoms with E-state index in [0.29, 0.717) is 70.6 Å². The molecule has 4 aliphatic rings. The number of nitrogens with zero attached hydrogens (tertiary/aromatic N) is 6. The van der Waals surface area contributed by atoms with Crippen molar-refractivity contribution in [3.8, 4) is 22.6 Å². The lowest BCUT2D eigenvalue weighted by Gasteiger charge is -2.40. The van der Waals surface area contributed by atoms with Crippen molar-refractivity contribution in [3.63, 3.8) is 0 Å². The number of aryl methyl sites for hydroxylation is 1. The van der Waals surface area contributed by atoms with Gasteiger partial charge in [-0.05, 0) is 80.2 Å². The zero-order chi connectivity index (χ0) is 31.1. The van der Waals surface area contributed by atoms with Gasteiger partial charge in [0.2, 0.25) is 5.91 Å². The minimum Gasteiger partial charge on any atom is -0.486 e. The summed E-state index contributed by atoms with van der Waals surface area (Å²) in [6.45, 7) is 9.19. The molecule has 1 amide bonds. The maximum atomic E-state index is 15.0. The zero-order valence-corrected chi connectivity index (χ0v) is 26.5. The molecule has 45 heavy (non-hydrogen) atoms. The Bertz CT molecular complexity index is 1970. The van der Waals surface area contributed by atoms with Gasteiger partial charge < -0.3 is 14.5 Å². The van der Waals surface area contributed by atoms with Crippen LogP contribution in [-0.4, -0.2) is 56.0 Å². The third kappa shape index (κ3) is 4.48. The second kappa shape index (κ2) is 10.4. The van der Waals surface area contributed by atoms with Gasteiger partial charge in [0, 0.05) is 60.2 Å². The molecule has 230 valence electrons. The Morgan fingerprint density at radius 3 is 2.44 bits per heavy atom. The maximum Gasteiger partial charge on any atom is 0.354 e. The highest BCUT2D eigenvalue weighted by atomic mass is 31.0. The number of carbonyl (C=O) groups is 1. The first kappa shape index (κ1) is 28.3. The van der Waals surface area contributed by atoms with Gasteiger partial charge in [-0.2, -0.15) is 4.98 Å². The molecular weight excluding hydrogens is 590 g/mol. The molecular formula is C34H34FN6O3P. The molecule has 1 aromatic carbocycles. The number of piperazine rings is 1. The fraction of sp³-hybridized carbons (Fsp3) is 0.382. The molecule has 2 aliphatic heterocycles. The first-order valence-electron chi connectivity index (χ1n) is 15.6. The highest BCUT2D eigenvalue weighted by Crippen LogP contribution is 2.50. The Kier molecular flexibility index (Phi) is 6.57. The first-order valence-corrected chi connectivity index (χ1v) is 16.2. The Morgan fingerprint density at radius 2 is 1.80 bits per heavy atom. The highest BCUT2D eigenvalue weighted by Gasteiger charge is 2.38. The lowest BCUT2D eigenvalue weighted by molar-refractivity contribution is -0.126. The standard InChI is InChI=1S/C34H34FN6O3P/c1-4-25(42)39-11-12-40(17(2)15-39)33-28-30(31-26(18(3)37-28)27-21(16-44-31)9-10-24(35)32(27)45)41(34(43)38-33)29-22(19-5-6-19)13-36-14-23(29)20-7-8-20/h4,9-10,13-14,17,19-20H,1,5-8,11-12,15-16,45H2,2-3H3/t17-/m0/s1. The van der Waals surface area contributed by atoms with Gasteiger partial charge in [0.15, 0.2) is 11.6 Å². The van der Waals surface area contributed by atoms with Crippen molar-refractivity contribution in [2.45, 2.75) is 64.0 Å². The third-order valence-corrected chi connectivity index (χ3v) is 10.2. The summed E-state index contributed by atoms with van der Waals surface area (Å²) < 4.78 is 23.3. The van der Waals surface area contributed by atoms with Gasteiger partial charge in [0.25, 0.3) is 0 Å². The predicted octanol–water partition coefficient (Wildman–Crippen LogP) is 4.66. The molecule has 2 atom stereocenters. The van der Waals surface area contributed by atoms with Gasteiger partial charge in [-0.15, -0.1) is 9.24 Å². The van der Waals surface area contributed by atoms with Gasteiger partial charge in [-0.3, -0.25) is 14.3 Å². The van der Waals surface area contributed by atoms with E-state index < -0.39 is 5.69 Å². The van der Waals surface area contributed by atoms with Crippen LogP contribution in [0.4, 0.5) is 10.2 Å². The van der Waals surface area contributed by atoms with Crippen LogP contribution in [0.1, 0.15) is 66.8 Å². The zero-order valence-electron chi connectivity index (χ0n) is 25.3. The summed E-state index contributed by atoms with van der Waals surface area (Å²) in [7, 11) is 2.55. The molecule has 2 saturated carbocycles. The molecule has 2 aliphatic carbocycles. The molecule has 8 rings (SSSR count). The number of aromatic nitrogens is 4. The summed E-state index contributed by atoms with van der Waals surface area (Å²) in [6.07, 6.45) is 9.29. The number of anilines is 1. The van der Waals surface area contributed by atoms with E-state index in [1.165, 1.54) is 12.1 Å². The summed E-state index contributed by atoms with van der Waals surface area (Å²) >= 11 is 0. The second-order valence-corrected chi connectivity index (χ2v) is 13.3. The van der Waals surface area contributed by atoms with Crippen molar-refractivity contribution >= 4 is 37.3 Å². The number of hydrogen-bond acceptors (Lipinski definition) is 7. The molecule has 5 heterocycles. The van der Waals surface area contributed by atoms with Crippen molar-refractivity contribution < 1.29 is 13.9 Å². The van der Waals surface area contributed by atoms with Crippen molar-refractivity contribution in [3.05, 3.63) is 75.9 Å². The number of amides is 1. The molecule has 1 saturated heterocycles. The van der Waals surface area contributed by atoms with Crippen molar-refractivity contribution in [2.75, 3.05) is 24.5 Å². The average molecular weight is 625 g/mol. The number of carbonyl (C=O) groups excluding carboxylic acids is 1. The van der Waals surface area contributed by atoms with E-state index in [1.807, 2.05) is 26.2 Å². The fourth-order valence-electron chi connectivity index (χ4n) is 7.10. The number of rotatable bonds is 5. The van der Waals surface area contributed by atoms with Crippen LogP contribution in [0.2, 0.25) is 0 Å². The number of ether oxygens (including phenoxy) is 1. The summed E-state index contributed by atoms with van der Waals surface area (Å²) in [6, 6.07) is 3.07. The second-order valence-electron chi connectivity index (χ2n) is 12.7. The normalized spacial score (nSPS) is 19.2. The summed E-state index contributed by atoms with van der Waals surface area (Å²) in [5.74, 6) is 1.17. The molecule has 4 aromatic rings. The molecule has 0 N–H and O–H groups in total. The van der Waals surface area contributed by atoms with E-state index >= 15 is 4.39 Å². The van der Waals surface area contributed by atoms with Crippen LogP contribution in [-0.2, 0) is 11.4 Å². The molecule has 11 heteroatoms. The van der Waals surface area contributed by atoms with Crippen LogP contribution >= 0.6 is 9.24 Å². The lowest BCUT2D eigenvalue weighted by atomic mass is 9.94. The number of halogens is 1. The number of hydrogen-bond donors (Lipinski definition) is 0. The van der Waals surface area contributed by atoms with Gasteiger partial charge in [-0.1, -0.05) is 12.6 Å². The third-order valence-electron chi connectivity index (χ3n) is 9.65. The van der Waals surface area contributed by atoms with Crippen LogP contribution in [0.15, 0.2) is 42.0 Å². The Balaban J connectivity index is 1.44. The maximum absolute atomic E-state index is 15.0. The largest absolute Gasteiger partial charge is 0.486 e. The van der Waals surface area contributed by atoms with Gasteiger partial charge in [0.05, 0.1) is 5.69 Å². The topological polar surface area (TPSA) is 93.5 Å². The molecule has 0 bridgehead atoms. The SMILES string of the molecule is C=CC(=O)N1CCN(c2nc(=O)n(-c3c(C4CC4)cncc3C3CC3)c3c4c(c(C)nc23)-c2c(ccc(F)c2P)CO4)[C@@H](C)C1. The van der Waals surface area contributed by atoms with Crippen LogP contribution < -0.4 is 20.6 Å². The van der Waals surface area contributed by atoms with E-state index in [1.54, 1.807) is 15.5 Å². The van der Waals surface area contributed by atoms with Gasteiger partial charge >= 0.3 is 5.69 Å². The summed E-state index contributed by atoms with van der Waals surface area (Å²) in [5.41, 5.74) is 6.54. The fourth-order valence-corrected chi connectivity index (χ4v) is 7.53. The van der Waals surface area contributed by atoms with E-state index in [9.17, 15) is 9.59 Å². The minimum atomic E-state index is -0.420. The lowest BCUT2D eigenvalue weighted by Crippen LogP contribution is -2.54. The van der Waals surface area contributed by atoms with Crippen LogP contribution in [0.3, 0.4) is 0 Å². The Hall–Kier alpha value is -4.17. The molecule has 3 fully saturated rings. The smallest absolute Gasteiger partial charge is 0.354 e. The van der Waals surface area contributed by atoms with E-state index in [4.69, 9.17) is 14.7 Å². The Labute approximate surface area is 262 Å². The predicted molar refractivity (Wildman–Crippen MR) is 174 cm³/mol. The first-order chi connectivity index (χ1) is 21.8. The van der Waals surface area contributed by atoms with Crippen LogP contribution in [0, 0.1) is 12.7 Å². The van der Waals surface area contributed by atoms with E-state index in [2.05, 4.69) is 25.7 Å². The molecule has 0 radical (unpaired) electrons.